The molecule has 3 fully saturated rings. The van der Waals surface area contributed by atoms with Gasteiger partial charge in [-0.2, -0.15) is 0 Å². The number of fused-ring (bicyclic) bond motifs is 2. The van der Waals surface area contributed by atoms with Crippen molar-refractivity contribution in [3.63, 3.8) is 0 Å². The molecule has 0 saturated carbocycles. The van der Waals surface area contributed by atoms with Crippen LogP contribution in [-0.2, 0) is 9.59 Å². The van der Waals surface area contributed by atoms with Gasteiger partial charge in [0.1, 0.15) is 6.04 Å². The summed E-state index contributed by atoms with van der Waals surface area (Å²) in [6.45, 7) is 2.73. The number of likely N-dealkylation sites (tertiary alicyclic amines) is 1. The minimum atomic E-state index is -0.266. The predicted octanol–water partition coefficient (Wildman–Crippen LogP) is 1.21. The van der Waals surface area contributed by atoms with E-state index in [-0.39, 0.29) is 36.3 Å². The van der Waals surface area contributed by atoms with Crippen molar-refractivity contribution in [3.8, 4) is 0 Å². The first kappa shape index (κ1) is 16.6. The quantitative estimate of drug-likeness (QED) is 0.820. The first-order valence-electron chi connectivity index (χ1n) is 8.03. The lowest BCUT2D eigenvalue weighted by atomic mass is 9.99. The lowest BCUT2D eigenvalue weighted by Crippen LogP contribution is -2.53. The van der Waals surface area contributed by atoms with Gasteiger partial charge >= 0.3 is 0 Å². The van der Waals surface area contributed by atoms with E-state index in [1.807, 2.05) is 6.92 Å². The van der Waals surface area contributed by atoms with Crippen LogP contribution in [0.5, 0.6) is 0 Å². The molecule has 0 spiro atoms. The van der Waals surface area contributed by atoms with Gasteiger partial charge < -0.3 is 15.5 Å². The molecular weight excluding hydrogens is 290 g/mol. The number of halogens is 1. The second-order valence-corrected chi connectivity index (χ2v) is 6.43. The zero-order valence-electron chi connectivity index (χ0n) is 12.6. The summed E-state index contributed by atoms with van der Waals surface area (Å²) >= 11 is 0. The average molecular weight is 316 g/mol. The van der Waals surface area contributed by atoms with Crippen LogP contribution < -0.4 is 10.6 Å². The predicted molar refractivity (Wildman–Crippen MR) is 83.4 cm³/mol. The Hall–Kier alpha value is -0.810. The fourth-order valence-electron chi connectivity index (χ4n) is 4.02. The summed E-state index contributed by atoms with van der Waals surface area (Å²) in [7, 11) is 0. The van der Waals surface area contributed by atoms with Gasteiger partial charge in [0.2, 0.25) is 11.8 Å². The summed E-state index contributed by atoms with van der Waals surface area (Å²) in [5.74, 6) is 0.187. The van der Waals surface area contributed by atoms with E-state index in [9.17, 15) is 9.59 Å². The molecule has 0 aromatic heterocycles. The van der Waals surface area contributed by atoms with Gasteiger partial charge in [-0.25, -0.2) is 0 Å². The minimum Gasteiger partial charge on any atom is -0.351 e. The Morgan fingerprint density at radius 1 is 1.38 bits per heavy atom. The van der Waals surface area contributed by atoms with E-state index in [1.165, 1.54) is 12.8 Å². The molecule has 2 amide bonds. The first-order valence-corrected chi connectivity index (χ1v) is 8.03. The van der Waals surface area contributed by atoms with Crippen LogP contribution in [0.25, 0.3) is 0 Å². The standard InChI is InChI=1S/C15H25N3O2.ClH/c1-2-13(18-7-3-4-14(18)19)15(20)17-12-8-10-5-6-11(9-12)16-10;/h10-13,16H,2-9H2,1H3,(H,17,20);1H. The zero-order chi connectivity index (χ0) is 14.1. The van der Waals surface area contributed by atoms with Crippen LogP contribution in [0.15, 0.2) is 0 Å². The van der Waals surface area contributed by atoms with Gasteiger partial charge in [-0.1, -0.05) is 6.92 Å². The largest absolute Gasteiger partial charge is 0.351 e. The van der Waals surface area contributed by atoms with Gasteiger partial charge in [0, 0.05) is 31.1 Å². The highest BCUT2D eigenvalue weighted by Crippen LogP contribution is 2.27. The Morgan fingerprint density at radius 3 is 2.57 bits per heavy atom. The molecule has 3 saturated heterocycles. The number of carbonyl (C=O) groups is 2. The molecule has 6 heteroatoms. The molecule has 3 aliphatic heterocycles. The number of nitrogens with one attached hydrogen (secondary N) is 2. The maximum absolute atomic E-state index is 12.5. The topological polar surface area (TPSA) is 61.4 Å². The summed E-state index contributed by atoms with van der Waals surface area (Å²) in [5, 5.41) is 6.78. The summed E-state index contributed by atoms with van der Waals surface area (Å²) in [6, 6.07) is 1.17. The summed E-state index contributed by atoms with van der Waals surface area (Å²) < 4.78 is 0. The lowest BCUT2D eigenvalue weighted by molar-refractivity contribution is -0.138. The average Bonchev–Trinajstić information content (AvgIpc) is 2.97. The fourth-order valence-corrected chi connectivity index (χ4v) is 4.02. The fraction of sp³-hybridized carbons (Fsp3) is 0.867. The van der Waals surface area contributed by atoms with E-state index in [2.05, 4.69) is 10.6 Å². The van der Waals surface area contributed by atoms with Crippen molar-refractivity contribution >= 4 is 24.2 Å². The van der Waals surface area contributed by atoms with Crippen molar-refractivity contribution < 1.29 is 9.59 Å². The Bertz CT molecular complexity index is 392. The highest BCUT2D eigenvalue weighted by molar-refractivity contribution is 5.88. The second-order valence-electron chi connectivity index (χ2n) is 6.43. The SMILES string of the molecule is CCC(C(=O)NC1CC2CCC(C1)N2)N1CCCC1=O.Cl. The maximum Gasteiger partial charge on any atom is 0.243 e. The lowest BCUT2D eigenvalue weighted by Gasteiger charge is -2.32. The van der Waals surface area contributed by atoms with Crippen molar-refractivity contribution in [2.45, 2.75) is 76.0 Å². The third-order valence-electron chi connectivity index (χ3n) is 5.00. The number of hydrogen-bond acceptors (Lipinski definition) is 3. The Balaban J connectivity index is 0.00000161. The highest BCUT2D eigenvalue weighted by Gasteiger charge is 2.36. The highest BCUT2D eigenvalue weighted by atomic mass is 35.5. The molecule has 0 radical (unpaired) electrons. The van der Waals surface area contributed by atoms with E-state index < -0.39 is 0 Å². The van der Waals surface area contributed by atoms with Gasteiger partial charge in [0.05, 0.1) is 0 Å². The summed E-state index contributed by atoms with van der Waals surface area (Å²) in [5.41, 5.74) is 0. The van der Waals surface area contributed by atoms with Crippen LogP contribution in [0, 0.1) is 0 Å². The molecule has 21 heavy (non-hydrogen) atoms. The molecule has 0 aliphatic carbocycles. The normalized spacial score (nSPS) is 32.7. The van der Waals surface area contributed by atoms with E-state index in [4.69, 9.17) is 0 Å². The number of nitrogens with zero attached hydrogens (tertiary/aromatic N) is 1. The monoisotopic (exact) mass is 315 g/mol. The van der Waals surface area contributed by atoms with Gasteiger partial charge in [-0.05, 0) is 38.5 Å². The van der Waals surface area contributed by atoms with Gasteiger partial charge in [-0.3, -0.25) is 9.59 Å². The molecule has 3 aliphatic rings. The van der Waals surface area contributed by atoms with Crippen molar-refractivity contribution in [2.75, 3.05) is 6.54 Å². The third kappa shape index (κ3) is 3.51. The third-order valence-corrected chi connectivity index (χ3v) is 5.00. The molecular formula is C15H26ClN3O2. The maximum atomic E-state index is 12.5. The van der Waals surface area contributed by atoms with Gasteiger partial charge in [-0.15, -0.1) is 12.4 Å². The van der Waals surface area contributed by atoms with Crippen molar-refractivity contribution in [3.05, 3.63) is 0 Å². The van der Waals surface area contributed by atoms with Crippen molar-refractivity contribution in [1.29, 1.82) is 0 Å². The van der Waals surface area contributed by atoms with E-state index in [0.717, 1.165) is 25.8 Å². The van der Waals surface area contributed by atoms with E-state index in [1.54, 1.807) is 4.90 Å². The smallest absolute Gasteiger partial charge is 0.243 e. The van der Waals surface area contributed by atoms with Crippen molar-refractivity contribution in [1.82, 2.24) is 15.5 Å². The van der Waals surface area contributed by atoms with Crippen LogP contribution in [-0.4, -0.2) is 47.4 Å². The second kappa shape index (κ2) is 6.97. The van der Waals surface area contributed by atoms with Crippen LogP contribution in [0.4, 0.5) is 0 Å². The van der Waals surface area contributed by atoms with Crippen LogP contribution in [0.1, 0.15) is 51.9 Å². The molecule has 3 unspecified atom stereocenters. The molecule has 3 rings (SSSR count). The Labute approximate surface area is 132 Å². The number of rotatable bonds is 4. The zero-order valence-corrected chi connectivity index (χ0v) is 13.5. The van der Waals surface area contributed by atoms with Crippen LogP contribution in [0.2, 0.25) is 0 Å². The van der Waals surface area contributed by atoms with Gasteiger partial charge in [0.15, 0.2) is 0 Å². The van der Waals surface area contributed by atoms with Gasteiger partial charge in [0.25, 0.3) is 0 Å². The number of hydrogen-bond donors (Lipinski definition) is 2. The Morgan fingerprint density at radius 2 is 2.05 bits per heavy atom. The molecule has 3 atom stereocenters. The molecule has 120 valence electrons. The molecule has 3 heterocycles. The van der Waals surface area contributed by atoms with E-state index >= 15 is 0 Å². The minimum absolute atomic E-state index is 0. The number of carbonyl (C=O) groups excluding carboxylic acids is 2. The van der Waals surface area contributed by atoms with Crippen LogP contribution in [0.3, 0.4) is 0 Å². The molecule has 2 N–H and O–H groups in total. The van der Waals surface area contributed by atoms with E-state index in [0.29, 0.717) is 24.9 Å². The first-order chi connectivity index (χ1) is 9.67. The molecule has 0 aromatic rings. The van der Waals surface area contributed by atoms with Crippen LogP contribution >= 0.6 is 12.4 Å². The Kier molecular flexibility index (Phi) is 5.49. The summed E-state index contributed by atoms with van der Waals surface area (Å²) in [4.78, 5) is 26.1. The molecule has 2 bridgehead atoms. The summed E-state index contributed by atoms with van der Waals surface area (Å²) in [6.07, 6.45) is 6.73. The number of amides is 2. The van der Waals surface area contributed by atoms with Crippen molar-refractivity contribution in [2.24, 2.45) is 0 Å². The number of piperidine rings is 1. The molecule has 0 aromatic carbocycles. The molecule has 5 nitrogen and oxygen atoms in total.